The van der Waals surface area contributed by atoms with Gasteiger partial charge in [-0.2, -0.15) is 0 Å². The highest BCUT2D eigenvalue weighted by molar-refractivity contribution is 5.84. The third-order valence-corrected chi connectivity index (χ3v) is 5.29. The molecule has 29 heavy (non-hydrogen) atoms. The summed E-state index contributed by atoms with van der Waals surface area (Å²) in [4.78, 5) is 37.5. The van der Waals surface area contributed by atoms with Crippen LogP contribution in [0.5, 0.6) is 0 Å². The molecule has 8 nitrogen and oxygen atoms in total. The van der Waals surface area contributed by atoms with Crippen LogP contribution in [0.2, 0.25) is 0 Å². The van der Waals surface area contributed by atoms with E-state index >= 15 is 0 Å². The lowest BCUT2D eigenvalue weighted by Crippen LogP contribution is -2.84. The molecule has 4 amide bonds. The number of hydrogen-bond acceptors (Lipinski definition) is 4. The number of nitrogens with zero attached hydrogens (tertiary/aromatic N) is 1. The molecule has 0 spiro atoms. The maximum absolute atomic E-state index is 13.6. The smallest absolute Gasteiger partial charge is 0.408 e. The summed E-state index contributed by atoms with van der Waals surface area (Å²) in [5.41, 5.74) is 4.31. The van der Waals surface area contributed by atoms with Crippen LogP contribution in [0, 0.1) is 5.82 Å². The van der Waals surface area contributed by atoms with E-state index in [9.17, 15) is 18.8 Å². The Balaban J connectivity index is 1.68. The third kappa shape index (κ3) is 4.60. The van der Waals surface area contributed by atoms with Gasteiger partial charge in [0.05, 0.1) is 17.6 Å². The van der Waals surface area contributed by atoms with Crippen molar-refractivity contribution < 1.29 is 23.5 Å². The summed E-state index contributed by atoms with van der Waals surface area (Å²) in [7, 11) is 0. The summed E-state index contributed by atoms with van der Waals surface area (Å²) in [5.74, 6) is -0.690. The number of nitrogens with two attached hydrogens (primary N) is 1. The van der Waals surface area contributed by atoms with Gasteiger partial charge in [-0.3, -0.25) is 4.79 Å². The third-order valence-electron chi connectivity index (χ3n) is 5.29. The van der Waals surface area contributed by atoms with Gasteiger partial charge in [0, 0.05) is 6.54 Å². The van der Waals surface area contributed by atoms with Crippen LogP contribution in [0.4, 0.5) is 14.0 Å². The average Bonchev–Trinajstić information content (AvgIpc) is 2.51. The van der Waals surface area contributed by atoms with Crippen molar-refractivity contribution in [2.75, 3.05) is 6.54 Å². The molecule has 2 bridgehead atoms. The number of rotatable bonds is 6. The summed E-state index contributed by atoms with van der Waals surface area (Å²) in [6, 6.07) is 5.25. The van der Waals surface area contributed by atoms with E-state index in [0.29, 0.717) is 24.8 Å². The number of alkyl carbamates (subject to hydrolysis) is 1. The number of ether oxygens (including phenoxy) is 1. The van der Waals surface area contributed by atoms with Crippen LogP contribution in [0.1, 0.15) is 45.6 Å². The first kappa shape index (κ1) is 20.9. The molecule has 0 atom stereocenters. The lowest BCUT2D eigenvalue weighted by atomic mass is 9.43. The molecule has 0 saturated heterocycles. The molecular weight excluding hydrogens is 379 g/mol. The largest absolute Gasteiger partial charge is 0.444 e. The predicted molar refractivity (Wildman–Crippen MR) is 103 cm³/mol. The zero-order valence-corrected chi connectivity index (χ0v) is 16.9. The zero-order valence-electron chi connectivity index (χ0n) is 16.9. The van der Waals surface area contributed by atoms with Gasteiger partial charge in [-0.1, -0.05) is 12.1 Å². The summed E-state index contributed by atoms with van der Waals surface area (Å²) in [5, 5.41) is 5.22. The first-order valence-corrected chi connectivity index (χ1v) is 9.52. The molecular formula is C20H27FN4O4. The fraction of sp³-hybridized carbons (Fsp3) is 0.550. The predicted octanol–water partition coefficient (Wildman–Crippen LogP) is 2.02. The number of nitrogens with one attached hydrogen (secondary N) is 2. The van der Waals surface area contributed by atoms with E-state index in [1.165, 1.54) is 12.1 Å². The first-order chi connectivity index (χ1) is 13.4. The average molecular weight is 406 g/mol. The van der Waals surface area contributed by atoms with E-state index in [1.54, 1.807) is 37.8 Å². The van der Waals surface area contributed by atoms with Gasteiger partial charge in [0.25, 0.3) is 0 Å². The number of benzene rings is 1. The number of urea groups is 1. The molecule has 1 aromatic carbocycles. The molecule has 0 unspecified atom stereocenters. The molecule has 3 fully saturated rings. The number of hydrogen-bond donors (Lipinski definition) is 3. The van der Waals surface area contributed by atoms with Gasteiger partial charge in [-0.25, -0.2) is 14.0 Å². The Kier molecular flexibility index (Phi) is 5.19. The van der Waals surface area contributed by atoms with Gasteiger partial charge in [0.2, 0.25) is 5.91 Å². The zero-order chi connectivity index (χ0) is 21.4. The number of amides is 4. The number of carbonyl (C=O) groups is 3. The van der Waals surface area contributed by atoms with Gasteiger partial charge in [-0.15, -0.1) is 0 Å². The molecule has 4 rings (SSSR count). The van der Waals surface area contributed by atoms with Gasteiger partial charge in [0.1, 0.15) is 11.4 Å². The quantitative estimate of drug-likeness (QED) is 0.671. The van der Waals surface area contributed by atoms with Crippen LogP contribution in [0.15, 0.2) is 24.3 Å². The van der Waals surface area contributed by atoms with Crippen LogP contribution < -0.4 is 16.4 Å². The Bertz CT molecular complexity index is 816. The van der Waals surface area contributed by atoms with Crippen LogP contribution in [-0.4, -0.2) is 46.2 Å². The normalized spacial score (nSPS) is 24.6. The van der Waals surface area contributed by atoms with Crippen LogP contribution in [0.3, 0.4) is 0 Å². The maximum Gasteiger partial charge on any atom is 0.408 e. The number of primary amides is 1. The molecule has 3 saturated carbocycles. The van der Waals surface area contributed by atoms with Gasteiger partial charge in [-0.05, 0) is 57.7 Å². The van der Waals surface area contributed by atoms with E-state index in [1.807, 2.05) is 0 Å². The SMILES string of the molecule is CC(C)(C)OC(=O)NC12CC(N(Cc3cccc(F)c3)C(=O)CNC(N)=O)(C1)C2. The minimum absolute atomic E-state index is 0.208. The lowest BCUT2D eigenvalue weighted by Gasteiger charge is -2.73. The van der Waals surface area contributed by atoms with Crippen molar-refractivity contribution in [1.29, 1.82) is 0 Å². The Hall–Kier alpha value is -2.84. The molecule has 0 aliphatic heterocycles. The lowest BCUT2D eigenvalue weighted by molar-refractivity contribution is -0.190. The van der Waals surface area contributed by atoms with Crippen molar-refractivity contribution >= 4 is 18.0 Å². The van der Waals surface area contributed by atoms with Gasteiger partial charge < -0.3 is 26.0 Å². The second-order valence-electron chi connectivity index (χ2n) is 8.99. The van der Waals surface area contributed by atoms with Gasteiger partial charge >= 0.3 is 12.1 Å². The standard InChI is InChI=1S/C20H27FN4O4/c1-18(2,3)29-17(28)24-19-10-20(11-19,12-19)25(15(26)8-23-16(22)27)9-13-5-4-6-14(21)7-13/h4-7H,8-12H2,1-3H3,(H,24,28)(H3,22,23,27). The van der Waals surface area contributed by atoms with Crippen molar-refractivity contribution in [3.05, 3.63) is 35.6 Å². The molecule has 3 aliphatic carbocycles. The number of halogens is 1. The van der Waals surface area contributed by atoms with E-state index < -0.39 is 23.3 Å². The second kappa shape index (κ2) is 7.20. The Labute approximate surface area is 168 Å². The topological polar surface area (TPSA) is 114 Å². The molecule has 3 aliphatic rings. The summed E-state index contributed by atoms with van der Waals surface area (Å²) in [6.45, 7) is 5.35. The van der Waals surface area contributed by atoms with Crippen molar-refractivity contribution in [2.24, 2.45) is 5.73 Å². The molecule has 1 aromatic rings. The molecule has 4 N–H and O–H groups in total. The fourth-order valence-electron chi connectivity index (χ4n) is 4.27. The Morgan fingerprint density at radius 3 is 2.45 bits per heavy atom. The minimum Gasteiger partial charge on any atom is -0.444 e. The van der Waals surface area contributed by atoms with E-state index in [0.717, 1.165) is 0 Å². The highest BCUT2D eigenvalue weighted by atomic mass is 19.1. The molecule has 9 heteroatoms. The van der Waals surface area contributed by atoms with E-state index in [2.05, 4.69) is 10.6 Å². The number of carbonyl (C=O) groups excluding carboxylic acids is 3. The van der Waals surface area contributed by atoms with E-state index in [4.69, 9.17) is 10.5 Å². The Morgan fingerprint density at radius 1 is 1.24 bits per heavy atom. The molecule has 0 heterocycles. The Morgan fingerprint density at radius 2 is 1.90 bits per heavy atom. The highest BCUT2D eigenvalue weighted by Crippen LogP contribution is 2.64. The van der Waals surface area contributed by atoms with Crippen LogP contribution in [-0.2, 0) is 16.1 Å². The molecule has 158 valence electrons. The van der Waals surface area contributed by atoms with Crippen molar-refractivity contribution in [2.45, 2.75) is 63.3 Å². The van der Waals surface area contributed by atoms with Crippen molar-refractivity contribution in [3.63, 3.8) is 0 Å². The highest BCUT2D eigenvalue weighted by Gasteiger charge is 2.72. The fourth-order valence-corrected chi connectivity index (χ4v) is 4.27. The summed E-state index contributed by atoms with van der Waals surface area (Å²) < 4.78 is 18.9. The minimum atomic E-state index is -0.787. The van der Waals surface area contributed by atoms with Crippen LogP contribution in [0.25, 0.3) is 0 Å². The summed E-state index contributed by atoms with van der Waals surface area (Å²) in [6.07, 6.45) is 1.26. The van der Waals surface area contributed by atoms with Crippen LogP contribution >= 0.6 is 0 Å². The monoisotopic (exact) mass is 406 g/mol. The van der Waals surface area contributed by atoms with Crippen molar-refractivity contribution in [3.8, 4) is 0 Å². The van der Waals surface area contributed by atoms with Crippen molar-refractivity contribution in [1.82, 2.24) is 15.5 Å². The summed E-state index contributed by atoms with van der Waals surface area (Å²) >= 11 is 0. The van der Waals surface area contributed by atoms with E-state index in [-0.39, 0.29) is 30.4 Å². The first-order valence-electron chi connectivity index (χ1n) is 9.52. The van der Waals surface area contributed by atoms with Gasteiger partial charge in [0.15, 0.2) is 0 Å². The molecule has 0 radical (unpaired) electrons. The molecule has 0 aromatic heterocycles. The maximum atomic E-state index is 13.6. The second-order valence-corrected chi connectivity index (χ2v) is 8.99.